The number of nitrogens with one attached hydrogen (secondary N) is 2. The number of aromatic nitrogens is 4. The van der Waals surface area contributed by atoms with Gasteiger partial charge in [0, 0.05) is 30.9 Å². The van der Waals surface area contributed by atoms with E-state index in [4.69, 9.17) is 14.5 Å². The molecule has 9 nitrogen and oxygen atoms in total. The van der Waals surface area contributed by atoms with Crippen molar-refractivity contribution in [2.45, 2.75) is 44.4 Å². The molecule has 184 valence electrons. The van der Waals surface area contributed by atoms with Gasteiger partial charge in [-0.3, -0.25) is 4.79 Å². The Bertz CT molecular complexity index is 1500. The zero-order valence-electron chi connectivity index (χ0n) is 19.9. The third kappa shape index (κ3) is 3.94. The van der Waals surface area contributed by atoms with Crippen LogP contribution in [-0.2, 0) is 17.7 Å². The van der Waals surface area contributed by atoms with Crippen molar-refractivity contribution >= 4 is 22.7 Å². The zero-order chi connectivity index (χ0) is 24.1. The minimum Gasteiger partial charge on any atom is -0.488 e. The first-order chi connectivity index (χ1) is 17.7. The number of rotatable bonds is 6. The first-order valence-electron chi connectivity index (χ1n) is 12.7. The highest BCUT2D eigenvalue weighted by Crippen LogP contribution is 2.36. The molecule has 4 aromatic rings. The molecule has 0 spiro atoms. The standard InChI is InChI=1S/C27H28N6O3/c34-26-24-15-29-27(30-19-5-4-17-8-10-28-14-18(17)12-19)31-25(24)32(33(26)20-6-7-20)21-2-1-3-22(13-21)36-23-9-11-35-16-23/h1-5,12-13,15,20,23,28H,6-11,14,16H2,(H,29,30,31). The fourth-order valence-corrected chi connectivity index (χ4v) is 5.13. The summed E-state index contributed by atoms with van der Waals surface area (Å²) in [5, 5.41) is 7.27. The van der Waals surface area contributed by atoms with Gasteiger partial charge in [-0.25, -0.2) is 14.3 Å². The van der Waals surface area contributed by atoms with Crippen LogP contribution in [0.25, 0.3) is 16.7 Å². The van der Waals surface area contributed by atoms with E-state index in [-0.39, 0.29) is 17.7 Å². The van der Waals surface area contributed by atoms with Crippen LogP contribution >= 0.6 is 0 Å². The molecule has 2 fully saturated rings. The summed E-state index contributed by atoms with van der Waals surface area (Å²) in [6, 6.07) is 14.4. The predicted octanol–water partition coefficient (Wildman–Crippen LogP) is 3.47. The largest absolute Gasteiger partial charge is 0.488 e. The van der Waals surface area contributed by atoms with Crippen LogP contribution in [0.15, 0.2) is 53.5 Å². The molecule has 9 heteroatoms. The number of benzene rings is 2. The molecule has 2 aromatic heterocycles. The topological polar surface area (TPSA) is 95.2 Å². The minimum atomic E-state index is -0.0607. The Morgan fingerprint density at radius 1 is 1.11 bits per heavy atom. The second-order valence-electron chi connectivity index (χ2n) is 9.76. The molecule has 2 N–H and O–H groups in total. The molecule has 2 aliphatic heterocycles. The van der Waals surface area contributed by atoms with Crippen molar-refractivity contribution in [1.82, 2.24) is 24.6 Å². The fourth-order valence-electron chi connectivity index (χ4n) is 5.13. The van der Waals surface area contributed by atoms with Gasteiger partial charge < -0.3 is 20.1 Å². The van der Waals surface area contributed by atoms with Crippen LogP contribution in [0.1, 0.15) is 36.4 Å². The molecule has 1 unspecified atom stereocenters. The summed E-state index contributed by atoms with van der Waals surface area (Å²) < 4.78 is 15.4. The predicted molar refractivity (Wildman–Crippen MR) is 136 cm³/mol. The van der Waals surface area contributed by atoms with Crippen LogP contribution < -0.4 is 20.9 Å². The molecule has 1 saturated carbocycles. The first-order valence-corrected chi connectivity index (χ1v) is 12.7. The molecule has 7 rings (SSSR count). The average Bonchev–Trinajstić information content (AvgIpc) is 3.53. The molecule has 1 aliphatic carbocycles. The highest BCUT2D eigenvalue weighted by molar-refractivity contribution is 5.77. The lowest BCUT2D eigenvalue weighted by atomic mass is 10.0. The summed E-state index contributed by atoms with van der Waals surface area (Å²) >= 11 is 0. The molecule has 2 aromatic carbocycles. The van der Waals surface area contributed by atoms with Crippen LogP contribution in [0.2, 0.25) is 0 Å². The van der Waals surface area contributed by atoms with Gasteiger partial charge in [0.2, 0.25) is 5.95 Å². The molecule has 0 amide bonds. The molecule has 1 atom stereocenters. The number of hydrogen-bond acceptors (Lipinski definition) is 7. The minimum absolute atomic E-state index is 0.0530. The van der Waals surface area contributed by atoms with Gasteiger partial charge in [-0.2, -0.15) is 4.98 Å². The van der Waals surface area contributed by atoms with Crippen molar-refractivity contribution in [2.24, 2.45) is 0 Å². The monoisotopic (exact) mass is 484 g/mol. The van der Waals surface area contributed by atoms with E-state index in [1.54, 1.807) is 6.20 Å². The Kier molecular flexibility index (Phi) is 5.25. The number of fused-ring (bicyclic) bond motifs is 2. The third-order valence-electron chi connectivity index (χ3n) is 7.12. The summed E-state index contributed by atoms with van der Waals surface area (Å²) in [6.45, 7) is 3.20. The van der Waals surface area contributed by atoms with Crippen LogP contribution in [0.3, 0.4) is 0 Å². The van der Waals surface area contributed by atoms with Gasteiger partial charge in [0.05, 0.1) is 24.9 Å². The zero-order valence-corrected chi connectivity index (χ0v) is 19.9. The Morgan fingerprint density at radius 2 is 2.06 bits per heavy atom. The van der Waals surface area contributed by atoms with E-state index < -0.39 is 0 Å². The van der Waals surface area contributed by atoms with Crippen LogP contribution in [0, 0.1) is 0 Å². The SMILES string of the molecule is O=c1c2cnc(Nc3ccc4c(c3)CNCC4)nc2n(-c2cccc(OC3CCOC3)c2)n1C1CC1. The lowest BCUT2D eigenvalue weighted by Gasteiger charge is -2.18. The van der Waals surface area contributed by atoms with E-state index in [1.165, 1.54) is 11.1 Å². The lowest BCUT2D eigenvalue weighted by molar-refractivity contribution is 0.141. The van der Waals surface area contributed by atoms with E-state index >= 15 is 0 Å². The quantitative estimate of drug-likeness (QED) is 0.433. The molecule has 3 aliphatic rings. The summed E-state index contributed by atoms with van der Waals surface area (Å²) in [4.78, 5) is 22.7. The summed E-state index contributed by atoms with van der Waals surface area (Å²) in [5.41, 5.74) is 4.96. The second-order valence-corrected chi connectivity index (χ2v) is 9.76. The van der Waals surface area contributed by atoms with Gasteiger partial charge in [-0.15, -0.1) is 0 Å². The normalized spacial score (nSPS) is 19.4. The van der Waals surface area contributed by atoms with Crippen molar-refractivity contribution in [3.05, 3.63) is 70.1 Å². The molecular weight excluding hydrogens is 456 g/mol. The summed E-state index contributed by atoms with van der Waals surface area (Å²) in [5.74, 6) is 1.22. The summed E-state index contributed by atoms with van der Waals surface area (Å²) in [7, 11) is 0. The van der Waals surface area contributed by atoms with Gasteiger partial charge in [-0.1, -0.05) is 12.1 Å². The third-order valence-corrected chi connectivity index (χ3v) is 7.12. The number of ether oxygens (including phenoxy) is 2. The van der Waals surface area contributed by atoms with E-state index in [0.717, 1.165) is 62.5 Å². The average molecular weight is 485 g/mol. The molecule has 0 radical (unpaired) electrons. The van der Waals surface area contributed by atoms with Crippen molar-refractivity contribution in [1.29, 1.82) is 0 Å². The second kappa shape index (κ2) is 8.76. The molecule has 4 heterocycles. The first kappa shape index (κ1) is 21.6. The van der Waals surface area contributed by atoms with E-state index in [1.807, 2.05) is 33.6 Å². The number of anilines is 2. The Labute approximate surface area is 208 Å². The van der Waals surface area contributed by atoms with Crippen molar-refractivity contribution in [3.8, 4) is 11.4 Å². The Morgan fingerprint density at radius 3 is 2.92 bits per heavy atom. The van der Waals surface area contributed by atoms with Crippen LogP contribution in [0.5, 0.6) is 5.75 Å². The molecule has 0 bridgehead atoms. The maximum atomic E-state index is 13.4. The smallest absolute Gasteiger partial charge is 0.278 e. The van der Waals surface area contributed by atoms with E-state index in [9.17, 15) is 4.79 Å². The fraction of sp³-hybridized carbons (Fsp3) is 0.370. The lowest BCUT2D eigenvalue weighted by Crippen LogP contribution is -2.23. The number of nitrogens with zero attached hydrogens (tertiary/aromatic N) is 4. The summed E-state index contributed by atoms with van der Waals surface area (Å²) in [6.07, 6.45) is 5.57. The Balaban J connectivity index is 1.28. The van der Waals surface area contributed by atoms with Crippen molar-refractivity contribution in [2.75, 3.05) is 25.1 Å². The van der Waals surface area contributed by atoms with Crippen molar-refractivity contribution < 1.29 is 9.47 Å². The van der Waals surface area contributed by atoms with Gasteiger partial charge >= 0.3 is 0 Å². The molecule has 36 heavy (non-hydrogen) atoms. The highest BCUT2D eigenvalue weighted by Gasteiger charge is 2.31. The highest BCUT2D eigenvalue weighted by atomic mass is 16.5. The van der Waals surface area contributed by atoms with Gasteiger partial charge in [0.1, 0.15) is 17.2 Å². The number of hydrogen-bond donors (Lipinski definition) is 2. The van der Waals surface area contributed by atoms with Crippen LogP contribution in [-0.4, -0.2) is 45.2 Å². The maximum Gasteiger partial charge on any atom is 0.278 e. The maximum absolute atomic E-state index is 13.4. The molecule has 1 saturated heterocycles. The van der Waals surface area contributed by atoms with Gasteiger partial charge in [-0.05, 0) is 61.2 Å². The molecular formula is C27H28N6O3. The van der Waals surface area contributed by atoms with E-state index in [0.29, 0.717) is 23.6 Å². The van der Waals surface area contributed by atoms with Crippen molar-refractivity contribution in [3.63, 3.8) is 0 Å². The van der Waals surface area contributed by atoms with Gasteiger partial charge in [0.25, 0.3) is 5.56 Å². The Hall–Kier alpha value is -3.69. The van der Waals surface area contributed by atoms with E-state index in [2.05, 4.69) is 33.8 Å². The van der Waals surface area contributed by atoms with Gasteiger partial charge in [0.15, 0.2) is 5.65 Å². The van der Waals surface area contributed by atoms with Crippen LogP contribution in [0.4, 0.5) is 11.6 Å².